The fourth-order valence-electron chi connectivity index (χ4n) is 4.06. The normalized spacial score (nSPS) is 20.9. The Balaban J connectivity index is 1.58. The summed E-state index contributed by atoms with van der Waals surface area (Å²) in [7, 11) is 1.77. The maximum atomic E-state index is 12.7. The number of anilines is 2. The van der Waals surface area contributed by atoms with Crippen molar-refractivity contribution in [2.45, 2.75) is 64.6 Å². The van der Waals surface area contributed by atoms with E-state index in [1.54, 1.807) is 24.1 Å². The predicted molar refractivity (Wildman–Crippen MR) is 116 cm³/mol. The molecule has 2 aliphatic heterocycles. The first-order valence-corrected chi connectivity index (χ1v) is 10.5. The van der Waals surface area contributed by atoms with Gasteiger partial charge in [-0.1, -0.05) is 17.7 Å². The van der Waals surface area contributed by atoms with Crippen molar-refractivity contribution in [3.63, 3.8) is 0 Å². The molecule has 9 heteroatoms. The lowest BCUT2D eigenvalue weighted by Gasteiger charge is -2.35. The highest BCUT2D eigenvalue weighted by Crippen LogP contribution is 2.39. The van der Waals surface area contributed by atoms with Gasteiger partial charge in [-0.25, -0.2) is 14.8 Å². The molecule has 4 rings (SSSR count). The van der Waals surface area contributed by atoms with Crippen LogP contribution in [0.5, 0.6) is 0 Å². The molecule has 2 aromatic rings. The molecule has 1 amide bonds. The van der Waals surface area contributed by atoms with Gasteiger partial charge >= 0.3 is 6.09 Å². The van der Waals surface area contributed by atoms with Gasteiger partial charge in [-0.15, -0.1) is 0 Å². The molecule has 2 unspecified atom stereocenters. The molecule has 1 fully saturated rings. The van der Waals surface area contributed by atoms with Crippen molar-refractivity contribution in [1.82, 2.24) is 24.6 Å². The molecule has 160 valence electrons. The van der Waals surface area contributed by atoms with E-state index < -0.39 is 5.60 Å². The quantitative estimate of drug-likeness (QED) is 0.773. The summed E-state index contributed by atoms with van der Waals surface area (Å²) in [5.74, 6) is 0.466. The number of fused-ring (bicyclic) bond motifs is 2. The first-order chi connectivity index (χ1) is 14.1. The van der Waals surface area contributed by atoms with Crippen LogP contribution in [0.3, 0.4) is 0 Å². The second-order valence-corrected chi connectivity index (χ2v) is 9.26. The van der Waals surface area contributed by atoms with E-state index in [9.17, 15) is 4.79 Å². The van der Waals surface area contributed by atoms with Crippen LogP contribution in [0.25, 0.3) is 5.57 Å². The van der Waals surface area contributed by atoms with Crippen molar-refractivity contribution in [3.8, 4) is 0 Å². The Morgan fingerprint density at radius 3 is 2.70 bits per heavy atom. The van der Waals surface area contributed by atoms with E-state index >= 15 is 0 Å². The van der Waals surface area contributed by atoms with Gasteiger partial charge in [-0.2, -0.15) is 5.10 Å². The summed E-state index contributed by atoms with van der Waals surface area (Å²) in [5.41, 5.74) is 3.19. The van der Waals surface area contributed by atoms with Crippen LogP contribution in [0, 0.1) is 6.92 Å². The number of hydrogen-bond acceptors (Lipinski definition) is 6. The van der Waals surface area contributed by atoms with E-state index in [1.807, 2.05) is 32.6 Å². The van der Waals surface area contributed by atoms with Gasteiger partial charge < -0.3 is 10.1 Å². The second kappa shape index (κ2) is 7.58. The smallest absolute Gasteiger partial charge is 0.411 e. The largest absolute Gasteiger partial charge is 0.444 e. The minimum absolute atomic E-state index is 0.0344. The van der Waals surface area contributed by atoms with Crippen LogP contribution in [0.15, 0.2) is 18.5 Å². The number of aromatic nitrogens is 4. The molecular formula is C21H27ClN6O2. The van der Waals surface area contributed by atoms with Crippen molar-refractivity contribution >= 4 is 34.9 Å². The summed E-state index contributed by atoms with van der Waals surface area (Å²) in [6.45, 7) is 7.68. The number of hydrogen-bond donors (Lipinski definition) is 1. The van der Waals surface area contributed by atoms with Crippen molar-refractivity contribution < 1.29 is 9.53 Å². The molecule has 2 aromatic heterocycles. The van der Waals surface area contributed by atoms with Gasteiger partial charge in [-0.05, 0) is 58.1 Å². The van der Waals surface area contributed by atoms with Gasteiger partial charge in [0.05, 0.1) is 23.6 Å². The first-order valence-electron chi connectivity index (χ1n) is 10.1. The number of nitrogens with one attached hydrogen (secondary N) is 1. The van der Waals surface area contributed by atoms with Gasteiger partial charge in [0.25, 0.3) is 0 Å². The molecule has 2 atom stereocenters. The summed E-state index contributed by atoms with van der Waals surface area (Å²) in [6.07, 6.45) is 8.02. The van der Waals surface area contributed by atoms with Crippen LogP contribution in [0.1, 0.15) is 51.3 Å². The highest BCUT2D eigenvalue weighted by molar-refractivity contribution is 6.32. The average molecular weight is 431 g/mol. The fourth-order valence-corrected chi connectivity index (χ4v) is 4.20. The van der Waals surface area contributed by atoms with Gasteiger partial charge in [0, 0.05) is 19.3 Å². The zero-order valence-corrected chi connectivity index (χ0v) is 18.7. The molecule has 1 N–H and O–H groups in total. The highest BCUT2D eigenvalue weighted by atomic mass is 35.5. The van der Waals surface area contributed by atoms with E-state index in [-0.39, 0.29) is 18.2 Å². The van der Waals surface area contributed by atoms with Crippen LogP contribution in [-0.4, -0.2) is 48.4 Å². The highest BCUT2D eigenvalue weighted by Gasteiger charge is 2.42. The van der Waals surface area contributed by atoms with Gasteiger partial charge in [0.15, 0.2) is 0 Å². The summed E-state index contributed by atoms with van der Waals surface area (Å²) in [4.78, 5) is 23.7. The van der Waals surface area contributed by atoms with Crippen molar-refractivity contribution in [1.29, 1.82) is 0 Å². The summed E-state index contributed by atoms with van der Waals surface area (Å²) >= 11 is 6.24. The van der Waals surface area contributed by atoms with E-state index in [1.165, 1.54) is 0 Å². The Morgan fingerprint density at radius 1 is 1.30 bits per heavy atom. The number of halogens is 1. The third-order valence-electron chi connectivity index (χ3n) is 5.39. The Labute approximate surface area is 181 Å². The van der Waals surface area contributed by atoms with Crippen LogP contribution in [0.2, 0.25) is 5.15 Å². The maximum Gasteiger partial charge on any atom is 0.411 e. The molecule has 8 nitrogen and oxygen atoms in total. The van der Waals surface area contributed by atoms with Crippen LogP contribution in [0.4, 0.5) is 16.4 Å². The number of ether oxygens (including phenoxy) is 1. The minimum atomic E-state index is -0.502. The monoisotopic (exact) mass is 430 g/mol. The van der Waals surface area contributed by atoms with Crippen LogP contribution in [-0.2, 0) is 11.8 Å². The van der Waals surface area contributed by atoms with Crippen LogP contribution < -0.4 is 5.32 Å². The molecule has 2 aliphatic rings. The second-order valence-electron chi connectivity index (χ2n) is 8.91. The predicted octanol–water partition coefficient (Wildman–Crippen LogP) is 4.47. The van der Waals surface area contributed by atoms with E-state index in [2.05, 4.69) is 21.5 Å². The van der Waals surface area contributed by atoms with Crippen LogP contribution >= 0.6 is 11.6 Å². The number of amides is 1. The topological polar surface area (TPSA) is 85.2 Å². The molecule has 0 radical (unpaired) electrons. The van der Waals surface area contributed by atoms with Gasteiger partial charge in [0.2, 0.25) is 5.95 Å². The Kier molecular flexibility index (Phi) is 5.22. The lowest BCUT2D eigenvalue weighted by molar-refractivity contribution is 0.0175. The Hall–Kier alpha value is -2.61. The number of carbonyl (C=O) groups excluding carboxylic acids is 1. The molecular weight excluding hydrogens is 404 g/mol. The SMILES string of the molecule is Cc1cnc(Nc2cnn(C)c2Cl)nc1C1=CC2CCC(C1)N2C(=O)OC(C)(C)C. The number of nitrogens with zero attached hydrogens (tertiary/aromatic N) is 5. The molecule has 0 aromatic carbocycles. The first kappa shape index (κ1) is 20.7. The third kappa shape index (κ3) is 4.01. The van der Waals surface area contributed by atoms with E-state index in [0.717, 1.165) is 36.1 Å². The van der Waals surface area contributed by atoms with Crippen molar-refractivity contribution in [2.24, 2.45) is 7.05 Å². The Bertz CT molecular complexity index is 1010. The minimum Gasteiger partial charge on any atom is -0.444 e. The summed E-state index contributed by atoms with van der Waals surface area (Å²) in [5, 5.41) is 7.76. The summed E-state index contributed by atoms with van der Waals surface area (Å²) < 4.78 is 7.20. The third-order valence-corrected chi connectivity index (χ3v) is 5.84. The number of rotatable bonds is 3. The lowest BCUT2D eigenvalue weighted by atomic mass is 9.96. The number of carbonyl (C=O) groups is 1. The number of aryl methyl sites for hydroxylation is 2. The standard InChI is InChI=1S/C21H27ClN6O2/c1-12-10-23-19(25-16-11-24-27(5)18(16)22)26-17(12)13-8-14-6-7-15(9-13)28(14)20(29)30-21(2,3)4/h8,10-11,14-15H,6-7,9H2,1-5H3,(H,23,25,26). The molecule has 30 heavy (non-hydrogen) atoms. The zero-order chi connectivity index (χ0) is 21.6. The lowest BCUT2D eigenvalue weighted by Crippen LogP contribution is -2.45. The molecule has 2 bridgehead atoms. The van der Waals surface area contributed by atoms with Crippen molar-refractivity contribution in [3.05, 3.63) is 34.9 Å². The average Bonchev–Trinajstić information content (AvgIpc) is 3.12. The summed E-state index contributed by atoms with van der Waals surface area (Å²) in [6, 6.07) is 0.163. The molecule has 4 heterocycles. The van der Waals surface area contributed by atoms with E-state index in [0.29, 0.717) is 16.8 Å². The van der Waals surface area contributed by atoms with Gasteiger partial charge in [-0.3, -0.25) is 9.58 Å². The zero-order valence-electron chi connectivity index (χ0n) is 17.9. The molecule has 1 saturated heterocycles. The maximum absolute atomic E-state index is 12.7. The molecule has 0 aliphatic carbocycles. The Morgan fingerprint density at radius 2 is 2.07 bits per heavy atom. The fraction of sp³-hybridized carbons (Fsp3) is 0.524. The van der Waals surface area contributed by atoms with Crippen molar-refractivity contribution in [2.75, 3.05) is 5.32 Å². The molecule has 0 saturated carbocycles. The molecule has 0 spiro atoms. The van der Waals surface area contributed by atoms with Gasteiger partial charge in [0.1, 0.15) is 10.8 Å². The van der Waals surface area contributed by atoms with E-state index in [4.69, 9.17) is 21.3 Å².